The Morgan fingerprint density at radius 1 is 1.70 bits per heavy atom. The molecule has 0 aromatic rings. The van der Waals surface area contributed by atoms with Crippen LogP contribution < -0.4 is 0 Å². The minimum Gasteiger partial charge on any atom is -0.367 e. The Bertz CT molecular complexity index is 120. The molecule has 0 aliphatic rings. The quantitative estimate of drug-likeness (QED) is 0.607. The molecule has 0 saturated heterocycles. The number of carbonyl (C=O) groups is 1. The van der Waals surface area contributed by atoms with E-state index in [0.29, 0.717) is 6.42 Å². The van der Waals surface area contributed by atoms with Crippen LogP contribution in [0.5, 0.6) is 0 Å². The van der Waals surface area contributed by atoms with E-state index in [4.69, 9.17) is 4.74 Å². The minimum absolute atomic E-state index is 0.381. The molecule has 0 radical (unpaired) electrons. The van der Waals surface area contributed by atoms with E-state index in [0.717, 1.165) is 0 Å². The molecule has 0 aromatic heterocycles. The molecule has 0 rings (SSSR count). The molecule has 0 aliphatic heterocycles. The van der Waals surface area contributed by atoms with E-state index in [9.17, 15) is 9.32 Å². The summed E-state index contributed by atoms with van der Waals surface area (Å²) in [6.45, 7) is 3.18. The van der Waals surface area contributed by atoms with Gasteiger partial charge in [-0.25, -0.2) is 4.79 Å². The highest BCUT2D eigenvalue weighted by molar-refractivity contribution is 5.78. The Balaban J connectivity index is 4.17. The third kappa shape index (κ3) is 1.67. The topological polar surface area (TPSA) is 35.5 Å². The number of halogens is 1. The van der Waals surface area contributed by atoms with Crippen molar-refractivity contribution in [2.24, 2.45) is 0 Å². The van der Waals surface area contributed by atoms with Gasteiger partial charge in [0.2, 0.25) is 0 Å². The number of hydrogen-bond acceptors (Lipinski definition) is 3. The second-order valence-electron chi connectivity index (χ2n) is 2.15. The van der Waals surface area contributed by atoms with Gasteiger partial charge in [0.15, 0.2) is 5.60 Å². The van der Waals surface area contributed by atoms with E-state index in [1.54, 1.807) is 6.92 Å². The number of methoxy groups -OCH3 is 1. The molecule has 0 aromatic carbocycles. The van der Waals surface area contributed by atoms with Crippen LogP contribution >= 0.6 is 0 Å². The van der Waals surface area contributed by atoms with Crippen molar-refractivity contribution >= 4 is 5.97 Å². The van der Waals surface area contributed by atoms with Crippen LogP contribution in [0, 0.1) is 0 Å². The van der Waals surface area contributed by atoms with Crippen molar-refractivity contribution in [3.05, 3.63) is 0 Å². The SMILES string of the molecule is CCC(C)(OC)C(=O)OF. The molecular weight excluding hydrogens is 139 g/mol. The first-order valence-electron chi connectivity index (χ1n) is 2.99. The van der Waals surface area contributed by atoms with Crippen molar-refractivity contribution in [1.29, 1.82) is 0 Å². The summed E-state index contributed by atoms with van der Waals surface area (Å²) < 4.78 is 16.1. The molecule has 60 valence electrons. The summed E-state index contributed by atoms with van der Waals surface area (Å²) in [5.74, 6) is -0.988. The molecule has 0 fully saturated rings. The second-order valence-corrected chi connectivity index (χ2v) is 2.15. The summed E-state index contributed by atoms with van der Waals surface area (Å²) in [5, 5.41) is 0. The van der Waals surface area contributed by atoms with Crippen molar-refractivity contribution in [3.63, 3.8) is 0 Å². The maximum atomic E-state index is 11.3. The van der Waals surface area contributed by atoms with Gasteiger partial charge in [0.05, 0.1) is 0 Å². The maximum Gasteiger partial charge on any atom is 0.379 e. The monoisotopic (exact) mass is 150 g/mol. The van der Waals surface area contributed by atoms with Gasteiger partial charge in [-0.05, 0) is 13.3 Å². The van der Waals surface area contributed by atoms with Crippen LogP contribution in [0.4, 0.5) is 4.53 Å². The molecule has 1 unspecified atom stereocenters. The van der Waals surface area contributed by atoms with Crippen LogP contribution in [0.1, 0.15) is 20.3 Å². The van der Waals surface area contributed by atoms with E-state index >= 15 is 0 Å². The standard InChI is InChI=1S/C6H11FO3/c1-4-6(2,9-3)5(8)10-7/h4H2,1-3H3. The highest BCUT2D eigenvalue weighted by Gasteiger charge is 2.33. The van der Waals surface area contributed by atoms with Crippen molar-refractivity contribution < 1.29 is 19.0 Å². The summed E-state index contributed by atoms with van der Waals surface area (Å²) in [6.07, 6.45) is 0.381. The van der Waals surface area contributed by atoms with Crippen LogP contribution in [0.2, 0.25) is 0 Å². The molecule has 4 heteroatoms. The maximum absolute atomic E-state index is 11.3. The lowest BCUT2D eigenvalue weighted by atomic mass is 10.0. The van der Waals surface area contributed by atoms with Crippen LogP contribution in [0.15, 0.2) is 0 Å². The van der Waals surface area contributed by atoms with Gasteiger partial charge in [0, 0.05) is 11.6 Å². The predicted octanol–water partition coefficient (Wildman–Crippen LogP) is 1.23. The first-order valence-corrected chi connectivity index (χ1v) is 2.99. The summed E-state index contributed by atoms with van der Waals surface area (Å²) in [5.41, 5.74) is -1.14. The summed E-state index contributed by atoms with van der Waals surface area (Å²) in [6, 6.07) is 0. The molecule has 1 atom stereocenters. The zero-order chi connectivity index (χ0) is 8.20. The Kier molecular flexibility index (Phi) is 3.28. The highest BCUT2D eigenvalue weighted by Crippen LogP contribution is 2.15. The van der Waals surface area contributed by atoms with Gasteiger partial charge in [0.25, 0.3) is 0 Å². The predicted molar refractivity (Wildman–Crippen MR) is 32.9 cm³/mol. The molecule has 0 saturated carbocycles. The van der Waals surface area contributed by atoms with E-state index < -0.39 is 11.6 Å². The second kappa shape index (κ2) is 3.51. The fourth-order valence-corrected chi connectivity index (χ4v) is 0.454. The fourth-order valence-electron chi connectivity index (χ4n) is 0.454. The highest BCUT2D eigenvalue weighted by atomic mass is 19.3. The normalized spacial score (nSPS) is 16.0. The van der Waals surface area contributed by atoms with Gasteiger partial charge in [-0.2, -0.15) is 0 Å². The molecule has 0 spiro atoms. The average molecular weight is 150 g/mol. The first-order chi connectivity index (χ1) is 4.60. The Hall–Kier alpha value is -0.640. The average Bonchev–Trinajstić information content (AvgIpc) is 2.01. The number of carbonyl (C=O) groups excluding carboxylic acids is 1. The van der Waals surface area contributed by atoms with Crippen molar-refractivity contribution in [3.8, 4) is 0 Å². The van der Waals surface area contributed by atoms with Gasteiger partial charge < -0.3 is 4.74 Å². The molecular formula is C6H11FO3. The molecule has 0 bridgehead atoms. The zero-order valence-electron chi connectivity index (χ0n) is 6.31. The molecule has 0 amide bonds. The fraction of sp³-hybridized carbons (Fsp3) is 0.833. The van der Waals surface area contributed by atoms with E-state index in [1.165, 1.54) is 14.0 Å². The summed E-state index contributed by atoms with van der Waals surface area (Å²) in [7, 11) is 1.33. The van der Waals surface area contributed by atoms with E-state index in [1.807, 2.05) is 0 Å². The summed E-state index contributed by atoms with van der Waals surface area (Å²) >= 11 is 0. The number of ether oxygens (including phenoxy) is 1. The lowest BCUT2D eigenvalue weighted by Crippen LogP contribution is -2.36. The zero-order valence-corrected chi connectivity index (χ0v) is 6.31. The third-order valence-corrected chi connectivity index (χ3v) is 1.63. The molecule has 3 nitrogen and oxygen atoms in total. The van der Waals surface area contributed by atoms with Crippen LogP contribution in [-0.4, -0.2) is 18.7 Å². The van der Waals surface area contributed by atoms with E-state index in [-0.39, 0.29) is 0 Å². The lowest BCUT2D eigenvalue weighted by molar-refractivity contribution is -0.206. The number of rotatable bonds is 3. The van der Waals surface area contributed by atoms with Gasteiger partial charge >= 0.3 is 5.97 Å². The minimum atomic E-state index is -1.14. The Labute approximate surface area is 59.0 Å². The smallest absolute Gasteiger partial charge is 0.367 e. The lowest BCUT2D eigenvalue weighted by Gasteiger charge is -2.20. The van der Waals surface area contributed by atoms with Crippen LogP contribution in [0.3, 0.4) is 0 Å². The third-order valence-electron chi connectivity index (χ3n) is 1.63. The molecule has 10 heavy (non-hydrogen) atoms. The van der Waals surface area contributed by atoms with Crippen molar-refractivity contribution in [2.45, 2.75) is 25.9 Å². The van der Waals surface area contributed by atoms with Crippen LogP contribution in [0.25, 0.3) is 0 Å². The Morgan fingerprint density at radius 2 is 2.20 bits per heavy atom. The molecule has 0 N–H and O–H groups in total. The Morgan fingerprint density at radius 3 is 2.30 bits per heavy atom. The van der Waals surface area contributed by atoms with Crippen LogP contribution in [-0.2, 0) is 14.5 Å². The molecule has 0 heterocycles. The molecule has 0 aliphatic carbocycles. The van der Waals surface area contributed by atoms with Gasteiger partial charge in [-0.3, -0.25) is 4.94 Å². The number of hydrogen-bond donors (Lipinski definition) is 0. The largest absolute Gasteiger partial charge is 0.379 e. The van der Waals surface area contributed by atoms with Gasteiger partial charge in [-0.15, -0.1) is 0 Å². The first kappa shape index (κ1) is 9.36. The van der Waals surface area contributed by atoms with Crippen molar-refractivity contribution in [2.75, 3.05) is 7.11 Å². The van der Waals surface area contributed by atoms with Gasteiger partial charge in [0.1, 0.15) is 0 Å². The van der Waals surface area contributed by atoms with Gasteiger partial charge in [-0.1, -0.05) is 6.92 Å². The van der Waals surface area contributed by atoms with E-state index in [2.05, 4.69) is 4.94 Å². The summed E-state index contributed by atoms with van der Waals surface area (Å²) in [4.78, 5) is 13.6. The van der Waals surface area contributed by atoms with Crippen molar-refractivity contribution in [1.82, 2.24) is 0 Å².